The number of nitrogens with zero attached hydrogens (tertiary/aromatic N) is 4. The van der Waals surface area contributed by atoms with Gasteiger partial charge in [-0.3, -0.25) is 4.79 Å². The average Bonchev–Trinajstić information content (AvgIpc) is 2.88. The molecule has 4 rings (SSSR count). The number of methoxy groups -OCH3 is 1. The van der Waals surface area contributed by atoms with Crippen molar-refractivity contribution < 1.29 is 14.3 Å². The van der Waals surface area contributed by atoms with E-state index in [-0.39, 0.29) is 12.0 Å². The van der Waals surface area contributed by atoms with Crippen LogP contribution < -0.4 is 15.5 Å². The number of benzene rings is 2. The number of nitrogens with one attached hydrogen (secondary N) is 2. The third kappa shape index (κ3) is 6.49. The van der Waals surface area contributed by atoms with Gasteiger partial charge in [-0.1, -0.05) is 36.4 Å². The number of hydrogen-bond acceptors (Lipinski definition) is 8. The van der Waals surface area contributed by atoms with Gasteiger partial charge in [0.2, 0.25) is 11.9 Å². The summed E-state index contributed by atoms with van der Waals surface area (Å²) in [6.07, 6.45) is 3.05. The molecule has 1 saturated heterocycles. The Morgan fingerprint density at radius 2 is 1.85 bits per heavy atom. The highest BCUT2D eigenvalue weighted by molar-refractivity contribution is 5.94. The van der Waals surface area contributed by atoms with Crippen molar-refractivity contribution in [2.24, 2.45) is 0 Å². The van der Waals surface area contributed by atoms with Gasteiger partial charge in [0.1, 0.15) is 12.4 Å². The summed E-state index contributed by atoms with van der Waals surface area (Å²) in [5.41, 5.74) is 2.61. The summed E-state index contributed by atoms with van der Waals surface area (Å²) in [4.78, 5) is 27.4. The normalized spacial score (nSPS) is 15.1. The molecule has 9 heteroatoms. The largest absolute Gasteiger partial charge is 0.373 e. The summed E-state index contributed by atoms with van der Waals surface area (Å²) in [5, 5.41) is 6.02. The second-order valence-electron chi connectivity index (χ2n) is 8.17. The minimum Gasteiger partial charge on any atom is -0.373 e. The molecule has 0 bridgehead atoms. The van der Waals surface area contributed by atoms with Crippen LogP contribution in [0.3, 0.4) is 0 Å². The van der Waals surface area contributed by atoms with Gasteiger partial charge in [-0.15, -0.1) is 0 Å². The Hall–Kier alpha value is -3.56. The molecule has 34 heavy (non-hydrogen) atoms. The van der Waals surface area contributed by atoms with Crippen LogP contribution in [0.1, 0.15) is 25.3 Å². The smallest absolute Gasteiger partial charge is 0.253 e. The predicted octanol–water partition coefficient (Wildman–Crippen LogP) is 3.77. The van der Waals surface area contributed by atoms with Gasteiger partial charge in [-0.05, 0) is 43.5 Å². The molecule has 1 amide bonds. The number of anilines is 4. The van der Waals surface area contributed by atoms with Gasteiger partial charge in [-0.2, -0.15) is 4.98 Å². The molecule has 1 atom stereocenters. The summed E-state index contributed by atoms with van der Waals surface area (Å²) >= 11 is 0. The molecule has 0 spiro atoms. The van der Waals surface area contributed by atoms with E-state index in [1.165, 1.54) is 19.0 Å². The van der Waals surface area contributed by atoms with Gasteiger partial charge in [0, 0.05) is 31.6 Å². The Kier molecular flexibility index (Phi) is 8.00. The lowest BCUT2D eigenvalue weighted by Gasteiger charge is -2.31. The Labute approximate surface area is 199 Å². The molecule has 178 valence electrons. The number of aromatic nitrogens is 3. The number of hydrogen-bond donors (Lipinski definition) is 2. The lowest BCUT2D eigenvalue weighted by Crippen LogP contribution is -2.38. The fourth-order valence-electron chi connectivity index (χ4n) is 3.67. The zero-order valence-electron chi connectivity index (χ0n) is 19.5. The van der Waals surface area contributed by atoms with E-state index in [9.17, 15) is 4.79 Å². The molecule has 2 heterocycles. The maximum absolute atomic E-state index is 12.1. The second-order valence-corrected chi connectivity index (χ2v) is 8.17. The monoisotopic (exact) mass is 462 g/mol. The molecule has 0 saturated carbocycles. The molecule has 1 aliphatic rings. The van der Waals surface area contributed by atoms with E-state index in [4.69, 9.17) is 9.47 Å². The van der Waals surface area contributed by atoms with E-state index in [1.54, 1.807) is 6.92 Å². The highest BCUT2D eigenvalue weighted by Gasteiger charge is 2.22. The lowest BCUT2D eigenvalue weighted by molar-refractivity contribution is -0.124. The van der Waals surface area contributed by atoms with Crippen molar-refractivity contribution >= 4 is 29.2 Å². The molecule has 3 aromatic rings. The average molecular weight is 463 g/mol. The van der Waals surface area contributed by atoms with E-state index in [1.807, 2.05) is 42.5 Å². The molecule has 9 nitrogen and oxygen atoms in total. The zero-order chi connectivity index (χ0) is 23.8. The van der Waals surface area contributed by atoms with Gasteiger partial charge in [0.25, 0.3) is 5.91 Å². The molecule has 0 aliphatic carbocycles. The standard InChI is InChI=1S/C25H30N6O3/c1-18(33-2)23(32)28-20-9-6-10-21(15-20)29-24-26-17-27-25(30-24)31-13-11-22(12-14-31)34-16-19-7-4-3-5-8-19/h3-10,15,17-18,22H,11-14,16H2,1-2H3,(H,28,32)(H,26,27,29,30)/t18-/m1/s1. The van der Waals surface area contributed by atoms with Crippen LogP contribution in [0.4, 0.5) is 23.3 Å². The third-order valence-electron chi connectivity index (χ3n) is 5.72. The predicted molar refractivity (Wildman–Crippen MR) is 131 cm³/mol. The summed E-state index contributed by atoms with van der Waals surface area (Å²) in [6, 6.07) is 17.6. The van der Waals surface area contributed by atoms with Gasteiger partial charge < -0.3 is 25.0 Å². The minimum absolute atomic E-state index is 0.210. The van der Waals surface area contributed by atoms with Crippen LogP contribution in [0, 0.1) is 0 Å². The van der Waals surface area contributed by atoms with Crippen molar-refractivity contribution in [3.63, 3.8) is 0 Å². The number of piperidine rings is 1. The Morgan fingerprint density at radius 3 is 2.62 bits per heavy atom. The van der Waals surface area contributed by atoms with Crippen LogP contribution in [0.25, 0.3) is 0 Å². The highest BCUT2D eigenvalue weighted by atomic mass is 16.5. The zero-order valence-corrected chi connectivity index (χ0v) is 19.5. The molecule has 0 unspecified atom stereocenters. The van der Waals surface area contributed by atoms with Gasteiger partial charge in [0.15, 0.2) is 0 Å². The van der Waals surface area contributed by atoms with Crippen molar-refractivity contribution in [1.82, 2.24) is 15.0 Å². The summed E-state index contributed by atoms with van der Waals surface area (Å²) in [7, 11) is 1.50. The Bertz CT molecular complexity index is 1070. The molecule has 1 fully saturated rings. The molecule has 1 aliphatic heterocycles. The van der Waals surface area contributed by atoms with Crippen molar-refractivity contribution in [3.8, 4) is 0 Å². The summed E-state index contributed by atoms with van der Waals surface area (Å²) in [6.45, 7) is 3.97. The fraction of sp³-hybridized carbons (Fsp3) is 0.360. The van der Waals surface area contributed by atoms with Crippen LogP contribution in [0.15, 0.2) is 60.9 Å². The first-order chi connectivity index (χ1) is 16.6. The SMILES string of the molecule is CO[C@H](C)C(=O)Nc1cccc(Nc2ncnc(N3CCC(OCc4ccccc4)CC3)n2)c1. The van der Waals surface area contributed by atoms with Crippen LogP contribution in [0.5, 0.6) is 0 Å². The summed E-state index contributed by atoms with van der Waals surface area (Å²) in [5.74, 6) is 0.872. The van der Waals surface area contributed by atoms with Crippen LogP contribution in [-0.4, -0.2) is 53.3 Å². The molecule has 1 aromatic heterocycles. The maximum atomic E-state index is 12.1. The second kappa shape index (κ2) is 11.5. The minimum atomic E-state index is -0.532. The van der Waals surface area contributed by atoms with Crippen LogP contribution in [-0.2, 0) is 20.9 Å². The van der Waals surface area contributed by atoms with Crippen molar-refractivity contribution in [1.29, 1.82) is 0 Å². The van der Waals surface area contributed by atoms with Crippen molar-refractivity contribution in [2.75, 3.05) is 35.7 Å². The molecule has 0 radical (unpaired) electrons. The van der Waals surface area contributed by atoms with Gasteiger partial charge >= 0.3 is 0 Å². The number of ether oxygens (including phenoxy) is 2. The van der Waals surface area contributed by atoms with E-state index < -0.39 is 6.10 Å². The number of carbonyl (C=O) groups is 1. The highest BCUT2D eigenvalue weighted by Crippen LogP contribution is 2.22. The fourth-order valence-corrected chi connectivity index (χ4v) is 3.67. The number of carbonyl (C=O) groups excluding carboxylic acids is 1. The lowest BCUT2D eigenvalue weighted by atomic mass is 10.1. The summed E-state index contributed by atoms with van der Waals surface area (Å²) < 4.78 is 11.1. The van der Waals surface area contributed by atoms with E-state index in [0.717, 1.165) is 31.6 Å². The van der Waals surface area contributed by atoms with Crippen LogP contribution in [0.2, 0.25) is 0 Å². The molecular formula is C25H30N6O3. The van der Waals surface area contributed by atoms with Crippen molar-refractivity contribution in [3.05, 3.63) is 66.5 Å². The first kappa shape index (κ1) is 23.6. The van der Waals surface area contributed by atoms with Gasteiger partial charge in [-0.25, -0.2) is 9.97 Å². The topological polar surface area (TPSA) is 102 Å². The number of amides is 1. The quantitative estimate of drug-likeness (QED) is 0.496. The van der Waals surface area contributed by atoms with E-state index in [2.05, 4.69) is 42.6 Å². The number of rotatable bonds is 9. The first-order valence-electron chi connectivity index (χ1n) is 11.4. The van der Waals surface area contributed by atoms with Gasteiger partial charge in [0.05, 0.1) is 12.7 Å². The molecule has 2 aromatic carbocycles. The maximum Gasteiger partial charge on any atom is 0.253 e. The molecular weight excluding hydrogens is 432 g/mol. The van der Waals surface area contributed by atoms with Crippen molar-refractivity contribution in [2.45, 2.75) is 38.6 Å². The molecule has 2 N–H and O–H groups in total. The van der Waals surface area contributed by atoms with E-state index in [0.29, 0.717) is 24.2 Å². The third-order valence-corrected chi connectivity index (χ3v) is 5.72. The Balaban J connectivity index is 1.31. The Morgan fingerprint density at radius 1 is 1.09 bits per heavy atom. The van der Waals surface area contributed by atoms with E-state index >= 15 is 0 Å². The first-order valence-corrected chi connectivity index (χ1v) is 11.4. The van der Waals surface area contributed by atoms with Crippen LogP contribution >= 0.6 is 0 Å².